The summed E-state index contributed by atoms with van der Waals surface area (Å²) in [5.41, 5.74) is 0.921. The normalized spacial score (nSPS) is 17.4. The summed E-state index contributed by atoms with van der Waals surface area (Å²) in [6, 6.07) is 13.5. The monoisotopic (exact) mass is 480 g/mol. The average molecular weight is 481 g/mol. The number of carbonyl (C=O) groups excluding carboxylic acids is 1. The first-order valence-corrected chi connectivity index (χ1v) is 13.3. The number of fused-ring (bicyclic) bond motifs is 1. The van der Waals surface area contributed by atoms with Crippen molar-refractivity contribution >= 4 is 26.7 Å². The molecule has 0 radical (unpaired) electrons. The van der Waals surface area contributed by atoms with E-state index in [-0.39, 0.29) is 28.9 Å². The van der Waals surface area contributed by atoms with E-state index in [4.69, 9.17) is 0 Å². The maximum absolute atomic E-state index is 13.0. The topological polar surface area (TPSA) is 101 Å². The minimum atomic E-state index is -3.52. The summed E-state index contributed by atoms with van der Waals surface area (Å²) in [4.78, 5) is 26.0. The highest BCUT2D eigenvalue weighted by Crippen LogP contribution is 2.28. The highest BCUT2D eigenvalue weighted by molar-refractivity contribution is 7.89. The molecule has 2 aliphatic rings. The minimum absolute atomic E-state index is 0.0904. The van der Waals surface area contributed by atoms with Gasteiger partial charge in [-0.25, -0.2) is 13.1 Å². The molecule has 0 unspecified atom stereocenters. The number of amides is 1. The molecule has 1 aromatic heterocycles. The summed E-state index contributed by atoms with van der Waals surface area (Å²) < 4.78 is 28.5. The molecule has 0 atom stereocenters. The van der Waals surface area contributed by atoms with E-state index in [9.17, 15) is 18.0 Å². The van der Waals surface area contributed by atoms with E-state index in [2.05, 4.69) is 10.4 Å². The van der Waals surface area contributed by atoms with Crippen LogP contribution in [0, 0.1) is 0 Å². The fraction of sp³-hybridized carbons (Fsp3) is 0.400. The lowest BCUT2D eigenvalue weighted by molar-refractivity contribution is 0.0950. The molecule has 0 spiro atoms. The van der Waals surface area contributed by atoms with Gasteiger partial charge in [-0.3, -0.25) is 9.59 Å². The highest BCUT2D eigenvalue weighted by Gasteiger charge is 2.27. The number of hydrogen-bond donors (Lipinski definition) is 1. The van der Waals surface area contributed by atoms with E-state index >= 15 is 0 Å². The Labute approximate surface area is 198 Å². The number of rotatable bonds is 6. The second-order valence-corrected chi connectivity index (χ2v) is 10.9. The van der Waals surface area contributed by atoms with Gasteiger partial charge < -0.3 is 5.32 Å². The number of aromatic nitrogens is 2. The lowest BCUT2D eigenvalue weighted by Crippen LogP contribution is -2.30. The molecule has 1 saturated heterocycles. The van der Waals surface area contributed by atoms with Gasteiger partial charge in [0, 0.05) is 24.0 Å². The zero-order valence-electron chi connectivity index (χ0n) is 18.9. The molecule has 8 nitrogen and oxygen atoms in total. The summed E-state index contributed by atoms with van der Waals surface area (Å²) in [5, 5.41) is 8.86. The first-order valence-electron chi connectivity index (χ1n) is 11.8. The van der Waals surface area contributed by atoms with Crippen LogP contribution in [0.5, 0.6) is 0 Å². The van der Waals surface area contributed by atoms with Crippen molar-refractivity contribution in [2.24, 2.45) is 0 Å². The third kappa shape index (κ3) is 4.25. The van der Waals surface area contributed by atoms with Crippen molar-refractivity contribution in [3.8, 4) is 0 Å². The van der Waals surface area contributed by atoms with Gasteiger partial charge in [0.05, 0.1) is 28.6 Å². The van der Waals surface area contributed by atoms with Crippen LogP contribution in [0.15, 0.2) is 58.2 Å². The quantitative estimate of drug-likeness (QED) is 0.584. The lowest BCUT2D eigenvalue weighted by Gasteiger charge is -2.16. The van der Waals surface area contributed by atoms with Gasteiger partial charge in [0.15, 0.2) is 0 Å². The number of nitrogens with zero attached hydrogens (tertiary/aromatic N) is 3. The molecule has 2 heterocycles. The molecule has 1 N–H and O–H groups in total. The second kappa shape index (κ2) is 9.31. The van der Waals surface area contributed by atoms with Crippen molar-refractivity contribution in [1.82, 2.24) is 19.4 Å². The number of sulfonamides is 1. The second-order valence-electron chi connectivity index (χ2n) is 9.00. The van der Waals surface area contributed by atoms with Crippen LogP contribution >= 0.6 is 0 Å². The van der Waals surface area contributed by atoms with Crippen molar-refractivity contribution in [3.05, 3.63) is 70.1 Å². The molecule has 1 aliphatic carbocycles. The summed E-state index contributed by atoms with van der Waals surface area (Å²) >= 11 is 0. The number of carbonyl (C=O) groups is 1. The molecule has 34 heavy (non-hydrogen) atoms. The Morgan fingerprint density at radius 1 is 0.941 bits per heavy atom. The maximum atomic E-state index is 13.0. The predicted octanol–water partition coefficient (Wildman–Crippen LogP) is 3.23. The molecule has 178 valence electrons. The SMILES string of the molecule is O=C(NCc1nn(C2CCCC2)c(=O)c2ccccc12)c1ccc(S(=O)(=O)N2CCCC2)cc1. The fourth-order valence-electron chi connectivity index (χ4n) is 4.92. The molecule has 1 aliphatic heterocycles. The summed E-state index contributed by atoms with van der Waals surface area (Å²) in [6.45, 7) is 1.24. The van der Waals surface area contributed by atoms with Gasteiger partial charge >= 0.3 is 0 Å². The van der Waals surface area contributed by atoms with E-state index in [1.54, 1.807) is 10.7 Å². The van der Waals surface area contributed by atoms with E-state index in [0.717, 1.165) is 43.9 Å². The van der Waals surface area contributed by atoms with Gasteiger partial charge in [-0.15, -0.1) is 0 Å². The van der Waals surface area contributed by atoms with Crippen LogP contribution in [0.4, 0.5) is 0 Å². The molecule has 9 heteroatoms. The van der Waals surface area contributed by atoms with Gasteiger partial charge in [-0.05, 0) is 56.0 Å². The molecule has 5 rings (SSSR count). The summed E-state index contributed by atoms with van der Waals surface area (Å²) in [5.74, 6) is -0.324. The van der Waals surface area contributed by atoms with E-state index in [0.29, 0.717) is 29.7 Å². The van der Waals surface area contributed by atoms with Crippen molar-refractivity contribution < 1.29 is 13.2 Å². The molecular formula is C25H28N4O4S. The third-order valence-electron chi connectivity index (χ3n) is 6.81. The predicted molar refractivity (Wildman–Crippen MR) is 129 cm³/mol. The largest absolute Gasteiger partial charge is 0.346 e. The molecule has 2 aromatic carbocycles. The van der Waals surface area contributed by atoms with Gasteiger partial charge in [-0.2, -0.15) is 9.40 Å². The number of benzene rings is 2. The standard InChI is InChI=1S/C25H28N4O4S/c30-24(18-11-13-20(14-12-18)34(32,33)28-15-5-6-16-28)26-17-23-21-9-3-4-10-22(21)25(31)29(27-23)19-7-1-2-8-19/h3-4,9-14,19H,1-2,5-8,15-17H2,(H,26,30). The average Bonchev–Trinajstić information content (AvgIpc) is 3.59. The zero-order chi connectivity index (χ0) is 23.7. The summed E-state index contributed by atoms with van der Waals surface area (Å²) in [6.07, 6.45) is 5.78. The first-order chi connectivity index (χ1) is 16.4. The number of nitrogens with one attached hydrogen (secondary N) is 1. The smallest absolute Gasteiger partial charge is 0.274 e. The minimum Gasteiger partial charge on any atom is -0.346 e. The van der Waals surface area contributed by atoms with E-state index in [1.165, 1.54) is 28.6 Å². The van der Waals surface area contributed by atoms with Crippen LogP contribution < -0.4 is 10.9 Å². The van der Waals surface area contributed by atoms with E-state index in [1.807, 2.05) is 18.2 Å². The first kappa shape index (κ1) is 22.7. The third-order valence-corrected chi connectivity index (χ3v) is 8.72. The van der Waals surface area contributed by atoms with Gasteiger partial charge in [0.25, 0.3) is 11.5 Å². The Hall–Kier alpha value is -3.04. The zero-order valence-corrected chi connectivity index (χ0v) is 19.8. The van der Waals surface area contributed by atoms with Crippen molar-refractivity contribution in [2.45, 2.75) is 56.0 Å². The lowest BCUT2D eigenvalue weighted by atomic mass is 10.1. The van der Waals surface area contributed by atoms with Crippen LogP contribution in [0.2, 0.25) is 0 Å². The molecular weight excluding hydrogens is 452 g/mol. The van der Waals surface area contributed by atoms with Crippen LogP contribution in [-0.2, 0) is 16.6 Å². The van der Waals surface area contributed by atoms with Crippen LogP contribution in [-0.4, -0.2) is 41.5 Å². The Morgan fingerprint density at radius 2 is 1.59 bits per heavy atom. The molecule has 0 bridgehead atoms. The van der Waals surface area contributed by atoms with Crippen molar-refractivity contribution in [2.75, 3.05) is 13.1 Å². The Kier molecular flexibility index (Phi) is 6.22. The fourth-order valence-corrected chi connectivity index (χ4v) is 6.44. The van der Waals surface area contributed by atoms with E-state index < -0.39 is 10.0 Å². The van der Waals surface area contributed by atoms with Crippen LogP contribution in [0.25, 0.3) is 10.8 Å². The van der Waals surface area contributed by atoms with Crippen molar-refractivity contribution in [3.63, 3.8) is 0 Å². The Bertz CT molecular complexity index is 1370. The maximum Gasteiger partial charge on any atom is 0.274 e. The highest BCUT2D eigenvalue weighted by atomic mass is 32.2. The molecule has 3 aromatic rings. The molecule has 1 amide bonds. The van der Waals surface area contributed by atoms with Crippen LogP contribution in [0.3, 0.4) is 0 Å². The van der Waals surface area contributed by atoms with Crippen molar-refractivity contribution in [1.29, 1.82) is 0 Å². The van der Waals surface area contributed by atoms with Gasteiger partial charge in [-0.1, -0.05) is 31.0 Å². The number of hydrogen-bond acceptors (Lipinski definition) is 5. The van der Waals surface area contributed by atoms with Crippen LogP contribution in [0.1, 0.15) is 60.6 Å². The Morgan fingerprint density at radius 3 is 2.26 bits per heavy atom. The van der Waals surface area contributed by atoms with Gasteiger partial charge in [0.2, 0.25) is 10.0 Å². The molecule has 1 saturated carbocycles. The Balaban J connectivity index is 1.36. The summed E-state index contributed by atoms with van der Waals surface area (Å²) in [7, 11) is -3.52. The molecule has 2 fully saturated rings. The van der Waals surface area contributed by atoms with Gasteiger partial charge in [0.1, 0.15) is 0 Å².